The Hall–Kier alpha value is -8.28. The van der Waals surface area contributed by atoms with Crippen LogP contribution >= 0.6 is 0 Å². The van der Waals surface area contributed by atoms with E-state index in [-0.39, 0.29) is 0 Å². The van der Waals surface area contributed by atoms with E-state index in [1.165, 1.54) is 21.5 Å². The minimum Gasteiger partial charge on any atom is -0.228 e. The van der Waals surface area contributed by atoms with E-state index >= 15 is 0 Å². The van der Waals surface area contributed by atoms with Gasteiger partial charge in [0.15, 0.2) is 5.82 Å². The van der Waals surface area contributed by atoms with Crippen LogP contribution in [-0.2, 0) is 0 Å². The summed E-state index contributed by atoms with van der Waals surface area (Å²) in [5.74, 6) is 0.664. The molecule has 0 fully saturated rings. The molecule has 10 aromatic carbocycles. The van der Waals surface area contributed by atoms with Crippen LogP contribution in [0.2, 0.25) is 0 Å². The summed E-state index contributed by atoms with van der Waals surface area (Å²) in [6.07, 6.45) is 0. The summed E-state index contributed by atoms with van der Waals surface area (Å²) < 4.78 is 0. The third-order valence-electron chi connectivity index (χ3n) is 11.8. The number of benzene rings is 10. The summed E-state index contributed by atoms with van der Waals surface area (Å²) in [5, 5.41) is 19.2. The van der Waals surface area contributed by atoms with E-state index in [1.54, 1.807) is 4.80 Å². The minimum atomic E-state index is 0.664. The highest BCUT2D eigenvalue weighted by Gasteiger charge is 2.16. The number of rotatable bonds is 6. The van der Waals surface area contributed by atoms with Gasteiger partial charge in [0.2, 0.25) is 0 Å². The molecule has 5 heteroatoms. The van der Waals surface area contributed by atoms with Gasteiger partial charge in [-0.05, 0) is 115 Å². The summed E-state index contributed by atoms with van der Waals surface area (Å²) in [6, 6.07) is 74.9. The number of para-hydroxylation sites is 1. The molecular weight excluding hydrogens is 743 g/mol. The molecule has 2 heterocycles. The Morgan fingerprint density at radius 3 is 1.52 bits per heavy atom. The molecule has 0 amide bonds. The molecular formula is C56H35N5. The standard InChI is InChI=1S/C56H35N5/c1-2-18-49(19-3-1)61-59-51-29-28-39-24-22-38-23-27-47(34-50(38)54(39)55(51)60-61)53-35-52(46-16-8-14-42(32-46)44-25-20-36-10-4-6-12-40(36)30-44)57-56(58-53)48-17-9-15-43(33-48)45-26-21-37-11-5-7-13-41(37)31-45/h1-35H. The fraction of sp³-hybridized carbons (Fsp3) is 0. The smallest absolute Gasteiger partial charge is 0.160 e. The SMILES string of the molecule is c1ccc(-n2nc3ccc4ccc5ccc(-c6cc(-c7cccc(-c8ccc9ccccc9c8)c7)nc(-c7cccc(-c8ccc9ccccc9c8)c7)n6)cc5c4c3n2)cc1. The average molecular weight is 778 g/mol. The highest BCUT2D eigenvalue weighted by molar-refractivity contribution is 6.19. The maximum absolute atomic E-state index is 5.35. The second-order valence-electron chi connectivity index (χ2n) is 15.6. The van der Waals surface area contributed by atoms with Gasteiger partial charge in [-0.1, -0.05) is 158 Å². The normalized spacial score (nSPS) is 11.6. The van der Waals surface area contributed by atoms with E-state index < -0.39 is 0 Å². The van der Waals surface area contributed by atoms with E-state index in [4.69, 9.17) is 20.2 Å². The van der Waals surface area contributed by atoms with Crippen molar-refractivity contribution in [3.8, 4) is 61.8 Å². The second-order valence-corrected chi connectivity index (χ2v) is 15.6. The van der Waals surface area contributed by atoms with Gasteiger partial charge >= 0.3 is 0 Å². The minimum absolute atomic E-state index is 0.664. The van der Waals surface area contributed by atoms with Crippen molar-refractivity contribution in [2.24, 2.45) is 0 Å². The Kier molecular flexibility index (Phi) is 8.10. The molecule has 0 unspecified atom stereocenters. The van der Waals surface area contributed by atoms with E-state index in [0.29, 0.717) is 5.82 Å². The maximum Gasteiger partial charge on any atom is 0.160 e. The average Bonchev–Trinajstić information content (AvgIpc) is 3.79. The van der Waals surface area contributed by atoms with Crippen molar-refractivity contribution in [3.63, 3.8) is 0 Å². The summed E-state index contributed by atoms with van der Waals surface area (Å²) in [6.45, 7) is 0. The molecule has 0 aliphatic carbocycles. The molecule has 0 atom stereocenters. The molecule has 12 aromatic rings. The highest BCUT2D eigenvalue weighted by atomic mass is 15.5. The Labute approximate surface area is 351 Å². The van der Waals surface area contributed by atoms with Gasteiger partial charge in [-0.25, -0.2) is 9.97 Å². The molecule has 5 nitrogen and oxygen atoms in total. The Morgan fingerprint density at radius 2 is 0.820 bits per heavy atom. The summed E-state index contributed by atoms with van der Waals surface area (Å²) in [4.78, 5) is 12.4. The highest BCUT2D eigenvalue weighted by Crippen LogP contribution is 2.37. The second kappa shape index (κ2) is 14.2. The lowest BCUT2D eigenvalue weighted by molar-refractivity contribution is 0.766. The van der Waals surface area contributed by atoms with Crippen molar-refractivity contribution < 1.29 is 0 Å². The van der Waals surface area contributed by atoms with E-state index in [2.05, 4.69) is 182 Å². The number of hydrogen-bond donors (Lipinski definition) is 0. The van der Waals surface area contributed by atoms with Gasteiger partial charge in [0.05, 0.1) is 17.1 Å². The quantitative estimate of drug-likeness (QED) is 0.158. The van der Waals surface area contributed by atoms with Gasteiger partial charge in [-0.15, -0.1) is 10.2 Å². The van der Waals surface area contributed by atoms with Crippen LogP contribution in [0.4, 0.5) is 0 Å². The van der Waals surface area contributed by atoms with Gasteiger partial charge in [-0.2, -0.15) is 4.80 Å². The van der Waals surface area contributed by atoms with Crippen LogP contribution in [0.5, 0.6) is 0 Å². The first-order valence-corrected chi connectivity index (χ1v) is 20.5. The Bertz CT molecular complexity index is 3520. The summed E-state index contributed by atoms with van der Waals surface area (Å²) >= 11 is 0. The third-order valence-corrected chi connectivity index (χ3v) is 11.8. The van der Waals surface area contributed by atoms with Crippen LogP contribution in [0.3, 0.4) is 0 Å². The van der Waals surface area contributed by atoms with Crippen molar-refractivity contribution in [2.75, 3.05) is 0 Å². The third kappa shape index (κ3) is 6.28. The first kappa shape index (κ1) is 34.7. The predicted octanol–water partition coefficient (Wildman–Crippen LogP) is 14.2. The first-order valence-electron chi connectivity index (χ1n) is 20.5. The zero-order chi connectivity index (χ0) is 40.3. The van der Waals surface area contributed by atoms with E-state index in [1.807, 2.05) is 30.3 Å². The van der Waals surface area contributed by atoms with Gasteiger partial charge < -0.3 is 0 Å². The van der Waals surface area contributed by atoms with E-state index in [9.17, 15) is 0 Å². The van der Waals surface area contributed by atoms with Crippen molar-refractivity contribution in [1.82, 2.24) is 25.0 Å². The van der Waals surface area contributed by atoms with E-state index in [0.717, 1.165) is 88.6 Å². The van der Waals surface area contributed by atoms with Crippen LogP contribution in [0, 0.1) is 0 Å². The molecule has 0 N–H and O–H groups in total. The van der Waals surface area contributed by atoms with Crippen LogP contribution in [0.1, 0.15) is 0 Å². The Balaban J connectivity index is 1.03. The van der Waals surface area contributed by atoms with Gasteiger partial charge in [0.1, 0.15) is 11.0 Å². The lowest BCUT2D eigenvalue weighted by Crippen LogP contribution is -1.97. The van der Waals surface area contributed by atoms with Crippen LogP contribution in [0.15, 0.2) is 212 Å². The number of aromatic nitrogens is 5. The predicted molar refractivity (Wildman–Crippen MR) is 252 cm³/mol. The molecule has 0 radical (unpaired) electrons. The Morgan fingerprint density at radius 1 is 0.311 bits per heavy atom. The monoisotopic (exact) mass is 777 g/mol. The topological polar surface area (TPSA) is 56.5 Å². The van der Waals surface area contributed by atoms with Gasteiger partial charge in [-0.3, -0.25) is 0 Å². The van der Waals surface area contributed by atoms with Crippen molar-refractivity contribution in [1.29, 1.82) is 0 Å². The molecule has 0 saturated carbocycles. The molecule has 0 aliphatic rings. The van der Waals surface area contributed by atoms with Crippen LogP contribution < -0.4 is 0 Å². The zero-order valence-corrected chi connectivity index (χ0v) is 32.9. The molecule has 12 rings (SSSR count). The molecule has 0 spiro atoms. The maximum atomic E-state index is 5.35. The fourth-order valence-electron chi connectivity index (χ4n) is 8.66. The van der Waals surface area contributed by atoms with Gasteiger partial charge in [0, 0.05) is 22.1 Å². The number of nitrogens with zero attached hydrogens (tertiary/aromatic N) is 5. The lowest BCUT2D eigenvalue weighted by atomic mass is 9.96. The lowest BCUT2D eigenvalue weighted by Gasteiger charge is -2.13. The fourth-order valence-corrected chi connectivity index (χ4v) is 8.66. The molecule has 61 heavy (non-hydrogen) atoms. The summed E-state index contributed by atoms with van der Waals surface area (Å²) in [5.41, 5.74) is 11.8. The molecule has 0 bridgehead atoms. The molecule has 2 aromatic heterocycles. The van der Waals surface area contributed by atoms with Crippen LogP contribution in [-0.4, -0.2) is 25.0 Å². The number of fused-ring (bicyclic) bond motifs is 7. The van der Waals surface area contributed by atoms with Gasteiger partial charge in [0.25, 0.3) is 0 Å². The number of hydrogen-bond acceptors (Lipinski definition) is 4. The molecule has 0 saturated heterocycles. The molecule has 0 aliphatic heterocycles. The first-order chi connectivity index (χ1) is 30.2. The zero-order valence-electron chi connectivity index (χ0n) is 32.9. The van der Waals surface area contributed by atoms with Crippen LogP contribution in [0.25, 0.3) is 116 Å². The molecule has 284 valence electrons. The van der Waals surface area contributed by atoms with Crippen molar-refractivity contribution in [3.05, 3.63) is 212 Å². The van der Waals surface area contributed by atoms with Crippen molar-refractivity contribution >= 4 is 54.1 Å². The van der Waals surface area contributed by atoms with Crippen molar-refractivity contribution in [2.45, 2.75) is 0 Å². The summed E-state index contributed by atoms with van der Waals surface area (Å²) in [7, 11) is 0. The largest absolute Gasteiger partial charge is 0.228 e.